The molecule has 3 atom stereocenters. The van der Waals surface area contributed by atoms with Crippen LogP contribution >= 0.6 is 22.6 Å². The van der Waals surface area contributed by atoms with E-state index in [0.29, 0.717) is 38.1 Å². The number of aromatic nitrogens is 7. The number of hydrogen-bond donors (Lipinski definition) is 0. The minimum atomic E-state index is -1.91. The van der Waals surface area contributed by atoms with Crippen LogP contribution in [0.3, 0.4) is 0 Å². The van der Waals surface area contributed by atoms with E-state index >= 15 is 0 Å². The van der Waals surface area contributed by atoms with Crippen molar-refractivity contribution in [3.63, 3.8) is 0 Å². The molecule has 0 bridgehead atoms. The summed E-state index contributed by atoms with van der Waals surface area (Å²) < 4.78 is 32.2. The molecule has 0 spiro atoms. The standard InChI is InChI=1S/C37H57IN8O4Si/c1-13-29-27-19-30(40-26(5)34(27)46(41-29)32-17-15-16-18-48-32)28-20-39-44(10)36(28)50-25(4)21-43(9)22-31-33(38)35(47-14-2)42-45(31)24(3)23-49-51(11,12)37(6,7)8/h13,19-20,24-25,32H,1,14-18,21-23H2,2-12H3/t24-,25-,32?/m0/s1. The third-order valence-electron chi connectivity index (χ3n) is 10.1. The van der Waals surface area contributed by atoms with Crippen LogP contribution in [-0.2, 0) is 22.8 Å². The molecule has 0 aromatic carbocycles. The lowest BCUT2D eigenvalue weighted by Gasteiger charge is -2.37. The Morgan fingerprint density at radius 1 is 1.22 bits per heavy atom. The second kappa shape index (κ2) is 16.1. The Kier molecular flexibility index (Phi) is 12.4. The minimum absolute atomic E-state index is 0.0492. The Balaban J connectivity index is 1.34. The van der Waals surface area contributed by atoms with Gasteiger partial charge in [0.2, 0.25) is 11.8 Å². The van der Waals surface area contributed by atoms with Gasteiger partial charge in [0.25, 0.3) is 0 Å². The van der Waals surface area contributed by atoms with Crippen molar-refractivity contribution in [1.82, 2.24) is 39.2 Å². The predicted octanol–water partition coefficient (Wildman–Crippen LogP) is 8.16. The van der Waals surface area contributed by atoms with Crippen LogP contribution in [-0.4, -0.2) is 87.1 Å². The monoisotopic (exact) mass is 832 g/mol. The molecule has 14 heteroatoms. The lowest BCUT2D eigenvalue weighted by molar-refractivity contribution is -0.0368. The van der Waals surface area contributed by atoms with Crippen molar-refractivity contribution < 1.29 is 18.6 Å². The van der Waals surface area contributed by atoms with E-state index in [2.05, 4.69) is 105 Å². The van der Waals surface area contributed by atoms with Crippen LogP contribution in [0.4, 0.5) is 0 Å². The van der Waals surface area contributed by atoms with Crippen molar-refractivity contribution in [1.29, 1.82) is 0 Å². The summed E-state index contributed by atoms with van der Waals surface area (Å²) in [4.78, 5) is 7.31. The van der Waals surface area contributed by atoms with E-state index in [4.69, 9.17) is 33.8 Å². The first-order valence-electron chi connectivity index (χ1n) is 18.1. The second-order valence-electron chi connectivity index (χ2n) is 15.3. The maximum absolute atomic E-state index is 6.64. The Labute approximate surface area is 318 Å². The van der Waals surface area contributed by atoms with Crippen molar-refractivity contribution in [2.24, 2.45) is 7.05 Å². The zero-order valence-corrected chi connectivity index (χ0v) is 35.6. The molecule has 0 amide bonds. The molecule has 1 unspecified atom stereocenters. The van der Waals surface area contributed by atoms with Gasteiger partial charge in [-0.3, -0.25) is 14.6 Å². The fourth-order valence-corrected chi connectivity index (χ4v) is 8.06. The van der Waals surface area contributed by atoms with Crippen molar-refractivity contribution in [2.45, 2.75) is 111 Å². The number of nitrogens with zero attached hydrogens (tertiary/aromatic N) is 8. The van der Waals surface area contributed by atoms with Gasteiger partial charge in [-0.25, -0.2) is 9.36 Å². The molecule has 0 aliphatic carbocycles. The van der Waals surface area contributed by atoms with Crippen molar-refractivity contribution in [3.05, 3.63) is 39.5 Å². The molecule has 0 saturated carbocycles. The van der Waals surface area contributed by atoms with Gasteiger partial charge in [-0.15, -0.1) is 5.10 Å². The van der Waals surface area contributed by atoms with E-state index in [-0.39, 0.29) is 23.4 Å². The average molecular weight is 833 g/mol. The second-order valence-corrected chi connectivity index (χ2v) is 21.2. The zero-order chi connectivity index (χ0) is 37.2. The Morgan fingerprint density at radius 3 is 2.61 bits per heavy atom. The number of pyridine rings is 1. The van der Waals surface area contributed by atoms with Gasteiger partial charge in [0.1, 0.15) is 6.10 Å². The number of likely N-dealkylation sites (N-methyl/N-ethyl adjacent to an activating group) is 1. The minimum Gasteiger partial charge on any atom is -0.476 e. The number of rotatable bonds is 15. The molecule has 1 aliphatic heterocycles. The summed E-state index contributed by atoms with van der Waals surface area (Å²) >= 11 is 2.37. The van der Waals surface area contributed by atoms with Crippen LogP contribution in [0.15, 0.2) is 18.8 Å². The number of halogens is 1. The lowest BCUT2D eigenvalue weighted by Crippen LogP contribution is -2.42. The molecule has 1 aliphatic rings. The molecule has 280 valence electrons. The molecule has 5 rings (SSSR count). The first-order chi connectivity index (χ1) is 24.1. The maximum atomic E-state index is 6.64. The van der Waals surface area contributed by atoms with Crippen LogP contribution in [0.5, 0.6) is 11.8 Å². The van der Waals surface area contributed by atoms with Crippen LogP contribution in [0.1, 0.15) is 90.2 Å². The summed E-state index contributed by atoms with van der Waals surface area (Å²) in [5.41, 5.74) is 5.39. The highest BCUT2D eigenvalue weighted by atomic mass is 127. The fourth-order valence-electron chi connectivity index (χ4n) is 6.29. The Hall–Kier alpha value is -2.79. The number of aryl methyl sites for hydroxylation is 2. The summed E-state index contributed by atoms with van der Waals surface area (Å²) in [6, 6.07) is 2.12. The molecule has 0 radical (unpaired) electrons. The number of fused-ring (bicyclic) bond motifs is 1. The highest BCUT2D eigenvalue weighted by Crippen LogP contribution is 2.38. The zero-order valence-electron chi connectivity index (χ0n) is 32.4. The van der Waals surface area contributed by atoms with Gasteiger partial charge in [-0.05, 0) is 107 Å². The van der Waals surface area contributed by atoms with E-state index in [1.807, 2.05) is 31.8 Å². The van der Waals surface area contributed by atoms with Gasteiger partial charge in [0.05, 0.1) is 62.9 Å². The highest BCUT2D eigenvalue weighted by Gasteiger charge is 2.38. The van der Waals surface area contributed by atoms with E-state index in [1.54, 1.807) is 10.8 Å². The van der Waals surface area contributed by atoms with Gasteiger partial charge < -0.3 is 18.6 Å². The molecule has 12 nitrogen and oxygen atoms in total. The third-order valence-corrected chi connectivity index (χ3v) is 15.7. The maximum Gasteiger partial charge on any atom is 0.246 e. The molecule has 0 N–H and O–H groups in total. The normalized spacial score (nSPS) is 16.9. The largest absolute Gasteiger partial charge is 0.476 e. The molecular weight excluding hydrogens is 775 g/mol. The van der Waals surface area contributed by atoms with Crippen molar-refractivity contribution >= 4 is 47.9 Å². The van der Waals surface area contributed by atoms with Crippen molar-refractivity contribution in [3.8, 4) is 23.0 Å². The van der Waals surface area contributed by atoms with Crippen LogP contribution in [0.2, 0.25) is 18.1 Å². The smallest absolute Gasteiger partial charge is 0.246 e. The summed E-state index contributed by atoms with van der Waals surface area (Å²) in [6.07, 6.45) is 6.51. The highest BCUT2D eigenvalue weighted by molar-refractivity contribution is 14.1. The van der Waals surface area contributed by atoms with E-state index in [1.165, 1.54) is 0 Å². The summed E-state index contributed by atoms with van der Waals surface area (Å²) in [7, 11) is 2.10. The lowest BCUT2D eigenvalue weighted by atomic mass is 10.1. The van der Waals surface area contributed by atoms with Gasteiger partial charge in [0, 0.05) is 32.1 Å². The third kappa shape index (κ3) is 8.55. The molecule has 5 heterocycles. The molecule has 1 fully saturated rings. The number of ether oxygens (including phenoxy) is 3. The van der Waals surface area contributed by atoms with E-state index < -0.39 is 8.32 Å². The molecule has 4 aromatic heterocycles. The quantitative estimate of drug-likeness (QED) is 0.0867. The fraction of sp³-hybridized carbons (Fsp3) is 0.622. The van der Waals surface area contributed by atoms with Crippen LogP contribution in [0, 0.1) is 10.5 Å². The Morgan fingerprint density at radius 2 is 1.96 bits per heavy atom. The predicted molar refractivity (Wildman–Crippen MR) is 214 cm³/mol. The van der Waals surface area contributed by atoms with Gasteiger partial charge >= 0.3 is 0 Å². The topological polar surface area (TPSA) is 107 Å². The molecule has 1 saturated heterocycles. The Bertz CT molecular complexity index is 1820. The molecule has 51 heavy (non-hydrogen) atoms. The first kappa shape index (κ1) is 39.4. The summed E-state index contributed by atoms with van der Waals surface area (Å²) in [5.74, 6) is 1.33. The van der Waals surface area contributed by atoms with Gasteiger partial charge in [0.15, 0.2) is 14.5 Å². The molecular formula is C37H57IN8O4Si. The van der Waals surface area contributed by atoms with Gasteiger partial charge in [-0.1, -0.05) is 27.4 Å². The van der Waals surface area contributed by atoms with E-state index in [9.17, 15) is 0 Å². The van der Waals surface area contributed by atoms with E-state index in [0.717, 1.165) is 68.7 Å². The molecule has 4 aromatic rings. The van der Waals surface area contributed by atoms with Crippen molar-refractivity contribution in [2.75, 3.05) is 33.4 Å². The SMILES string of the molecule is C=Cc1nn(C2CCCCO2)c2c(C)nc(-c3cnn(C)c3O[C@@H](C)CN(C)Cc3c(I)c(OCC)nn3[C@@H](C)CO[Si](C)(C)C(C)(C)C)cc12. The summed E-state index contributed by atoms with van der Waals surface area (Å²) in [6.45, 7) is 26.9. The number of hydrogen-bond acceptors (Lipinski definition) is 9. The van der Waals surface area contributed by atoms with Gasteiger partial charge in [-0.2, -0.15) is 10.2 Å². The van der Waals surface area contributed by atoms with Crippen LogP contribution < -0.4 is 9.47 Å². The van der Waals surface area contributed by atoms with Crippen LogP contribution in [0.25, 0.3) is 28.2 Å². The first-order valence-corrected chi connectivity index (χ1v) is 22.1. The summed E-state index contributed by atoms with van der Waals surface area (Å²) in [5, 5.41) is 15.5. The average Bonchev–Trinajstić information content (AvgIpc) is 3.73.